The number of ether oxygens (including phenoxy) is 2. The molecule has 146 valence electrons. The maximum atomic E-state index is 5.56. The number of para-hydroxylation sites is 2. The highest BCUT2D eigenvalue weighted by Crippen LogP contribution is 2.33. The van der Waals surface area contributed by atoms with Crippen molar-refractivity contribution in [2.75, 3.05) is 6.79 Å². The lowest BCUT2D eigenvalue weighted by Gasteiger charge is -2.10. The number of hydrogen-bond donors (Lipinski definition) is 0. The van der Waals surface area contributed by atoms with Gasteiger partial charge in [0.25, 0.3) is 0 Å². The van der Waals surface area contributed by atoms with Crippen molar-refractivity contribution < 1.29 is 9.47 Å². The molecule has 1 aliphatic heterocycles. The molecule has 2 aromatic heterocycles. The lowest BCUT2D eigenvalue weighted by molar-refractivity contribution is 0.174. The van der Waals surface area contributed by atoms with Crippen molar-refractivity contribution in [3.05, 3.63) is 77.9 Å². The Labute approximate surface area is 172 Å². The van der Waals surface area contributed by atoms with E-state index in [0.29, 0.717) is 12.2 Å². The van der Waals surface area contributed by atoms with Crippen molar-refractivity contribution in [1.29, 1.82) is 0 Å². The molecule has 30 heavy (non-hydrogen) atoms. The first-order valence-corrected chi connectivity index (χ1v) is 9.83. The van der Waals surface area contributed by atoms with E-state index in [1.165, 1.54) is 5.56 Å². The second kappa shape index (κ2) is 6.56. The number of aromatic nitrogens is 4. The average molecular weight is 394 g/mol. The van der Waals surface area contributed by atoms with Crippen LogP contribution in [-0.2, 0) is 6.54 Å². The Morgan fingerprint density at radius 3 is 2.43 bits per heavy atom. The van der Waals surface area contributed by atoms with Gasteiger partial charge in [0.15, 0.2) is 22.8 Å². The van der Waals surface area contributed by atoms with Gasteiger partial charge in [0, 0.05) is 5.56 Å². The smallest absolute Gasteiger partial charge is 0.231 e. The predicted molar refractivity (Wildman–Crippen MR) is 115 cm³/mol. The van der Waals surface area contributed by atoms with Crippen LogP contribution in [0.25, 0.3) is 33.7 Å². The van der Waals surface area contributed by atoms with Crippen LogP contribution in [0.3, 0.4) is 0 Å². The van der Waals surface area contributed by atoms with Crippen molar-refractivity contribution >= 4 is 22.3 Å². The van der Waals surface area contributed by atoms with Crippen molar-refractivity contribution in [3.63, 3.8) is 0 Å². The van der Waals surface area contributed by atoms with Gasteiger partial charge in [0.2, 0.25) is 6.79 Å². The molecule has 3 aromatic carbocycles. The standard InChI is InChI=1S/C24H18N4O2/c1-15-6-9-17(10-7-15)23-27-22-24(26-19-5-3-2-4-18(19)25-22)28(23)13-16-8-11-20-21(12-16)30-14-29-20/h2-12H,13-14H2,1H3. The largest absolute Gasteiger partial charge is 0.454 e. The Kier molecular flexibility index (Phi) is 3.71. The Bertz CT molecular complexity index is 1410. The molecule has 0 bridgehead atoms. The Hall–Kier alpha value is -3.93. The Balaban J connectivity index is 1.56. The van der Waals surface area contributed by atoms with Crippen molar-refractivity contribution in [1.82, 2.24) is 19.5 Å². The third-order valence-corrected chi connectivity index (χ3v) is 5.35. The molecule has 3 heterocycles. The van der Waals surface area contributed by atoms with Gasteiger partial charge in [0.05, 0.1) is 17.6 Å². The number of benzene rings is 3. The first-order valence-electron chi connectivity index (χ1n) is 9.83. The Morgan fingerprint density at radius 2 is 1.60 bits per heavy atom. The summed E-state index contributed by atoms with van der Waals surface area (Å²) in [7, 11) is 0. The van der Waals surface area contributed by atoms with Crippen LogP contribution in [0.5, 0.6) is 11.5 Å². The van der Waals surface area contributed by atoms with E-state index in [1.54, 1.807) is 0 Å². The topological polar surface area (TPSA) is 62.1 Å². The van der Waals surface area contributed by atoms with Crippen LogP contribution < -0.4 is 9.47 Å². The van der Waals surface area contributed by atoms with Crippen molar-refractivity contribution in [2.24, 2.45) is 0 Å². The fourth-order valence-corrected chi connectivity index (χ4v) is 3.79. The van der Waals surface area contributed by atoms with Gasteiger partial charge in [-0.2, -0.15) is 0 Å². The van der Waals surface area contributed by atoms with E-state index in [2.05, 4.69) is 35.8 Å². The minimum Gasteiger partial charge on any atom is -0.454 e. The number of aryl methyl sites for hydroxylation is 1. The first-order chi connectivity index (χ1) is 14.7. The number of nitrogens with zero attached hydrogens (tertiary/aromatic N) is 4. The molecule has 0 atom stereocenters. The minimum atomic E-state index is 0.263. The number of imidazole rings is 1. The number of hydrogen-bond acceptors (Lipinski definition) is 5. The zero-order chi connectivity index (χ0) is 20.1. The molecule has 6 rings (SSSR count). The molecular formula is C24H18N4O2. The molecule has 0 saturated heterocycles. The second-order valence-corrected chi connectivity index (χ2v) is 7.43. The van der Waals surface area contributed by atoms with E-state index < -0.39 is 0 Å². The van der Waals surface area contributed by atoms with Crippen LogP contribution in [0.15, 0.2) is 66.7 Å². The number of fused-ring (bicyclic) bond motifs is 3. The van der Waals surface area contributed by atoms with Gasteiger partial charge in [-0.1, -0.05) is 48.0 Å². The molecule has 0 fully saturated rings. The molecule has 6 heteroatoms. The normalized spacial score (nSPS) is 12.7. The molecule has 0 aliphatic carbocycles. The van der Waals surface area contributed by atoms with E-state index in [1.807, 2.05) is 42.5 Å². The summed E-state index contributed by atoms with van der Waals surface area (Å²) in [5, 5.41) is 0. The summed E-state index contributed by atoms with van der Waals surface area (Å²) in [5.74, 6) is 2.39. The SMILES string of the molecule is Cc1ccc(-c2nc3nc4ccccc4nc3n2Cc2ccc3c(c2)OCO3)cc1. The molecule has 0 unspecified atom stereocenters. The summed E-state index contributed by atoms with van der Waals surface area (Å²) in [6.07, 6.45) is 0. The van der Waals surface area contributed by atoms with E-state index in [9.17, 15) is 0 Å². The lowest BCUT2D eigenvalue weighted by Crippen LogP contribution is -2.03. The lowest BCUT2D eigenvalue weighted by atomic mass is 10.1. The van der Waals surface area contributed by atoms with Gasteiger partial charge in [-0.3, -0.25) is 0 Å². The van der Waals surface area contributed by atoms with E-state index >= 15 is 0 Å². The van der Waals surface area contributed by atoms with Crippen LogP contribution in [0, 0.1) is 6.92 Å². The van der Waals surface area contributed by atoms with Crippen molar-refractivity contribution in [2.45, 2.75) is 13.5 Å². The minimum absolute atomic E-state index is 0.263. The van der Waals surface area contributed by atoms with Crippen LogP contribution in [0.1, 0.15) is 11.1 Å². The van der Waals surface area contributed by atoms with E-state index in [-0.39, 0.29) is 6.79 Å². The van der Waals surface area contributed by atoms with Gasteiger partial charge in [-0.25, -0.2) is 15.0 Å². The maximum Gasteiger partial charge on any atom is 0.231 e. The highest BCUT2D eigenvalue weighted by molar-refractivity contribution is 5.85. The molecular weight excluding hydrogens is 376 g/mol. The Morgan fingerprint density at radius 1 is 0.833 bits per heavy atom. The highest BCUT2D eigenvalue weighted by Gasteiger charge is 2.18. The molecule has 0 spiro atoms. The summed E-state index contributed by atoms with van der Waals surface area (Å²) in [5.41, 5.74) is 6.43. The summed E-state index contributed by atoms with van der Waals surface area (Å²) in [4.78, 5) is 14.5. The molecule has 5 aromatic rings. The van der Waals surface area contributed by atoms with Crippen LogP contribution in [-0.4, -0.2) is 26.3 Å². The third kappa shape index (κ3) is 2.76. The fraction of sp³-hybridized carbons (Fsp3) is 0.125. The van der Waals surface area contributed by atoms with E-state index in [4.69, 9.17) is 24.4 Å². The van der Waals surface area contributed by atoms with Gasteiger partial charge in [-0.05, 0) is 36.8 Å². The molecule has 6 nitrogen and oxygen atoms in total. The number of rotatable bonds is 3. The summed E-state index contributed by atoms with van der Waals surface area (Å²) >= 11 is 0. The van der Waals surface area contributed by atoms with Gasteiger partial charge in [-0.15, -0.1) is 0 Å². The zero-order valence-electron chi connectivity index (χ0n) is 16.4. The van der Waals surface area contributed by atoms with Crippen LogP contribution in [0.2, 0.25) is 0 Å². The predicted octanol–water partition coefficient (Wildman–Crippen LogP) is 4.73. The summed E-state index contributed by atoms with van der Waals surface area (Å²) in [6, 6.07) is 22.3. The van der Waals surface area contributed by atoms with Gasteiger partial charge >= 0.3 is 0 Å². The van der Waals surface area contributed by atoms with Crippen LogP contribution in [0.4, 0.5) is 0 Å². The summed E-state index contributed by atoms with van der Waals surface area (Å²) < 4.78 is 13.1. The molecule has 0 saturated carbocycles. The maximum absolute atomic E-state index is 5.56. The molecule has 0 radical (unpaired) electrons. The monoisotopic (exact) mass is 394 g/mol. The van der Waals surface area contributed by atoms with Gasteiger partial charge < -0.3 is 14.0 Å². The van der Waals surface area contributed by atoms with E-state index in [0.717, 1.165) is 45.1 Å². The molecule has 0 N–H and O–H groups in total. The fourth-order valence-electron chi connectivity index (χ4n) is 3.79. The van der Waals surface area contributed by atoms with Crippen molar-refractivity contribution in [3.8, 4) is 22.9 Å². The second-order valence-electron chi connectivity index (χ2n) is 7.43. The summed E-state index contributed by atoms with van der Waals surface area (Å²) in [6.45, 7) is 2.94. The van der Waals surface area contributed by atoms with Gasteiger partial charge in [0.1, 0.15) is 5.82 Å². The first kappa shape index (κ1) is 17.0. The highest BCUT2D eigenvalue weighted by atomic mass is 16.7. The zero-order valence-corrected chi connectivity index (χ0v) is 16.4. The third-order valence-electron chi connectivity index (χ3n) is 5.35. The quantitative estimate of drug-likeness (QED) is 0.443. The average Bonchev–Trinajstić information content (AvgIpc) is 3.37. The van der Waals surface area contributed by atoms with Crippen LogP contribution >= 0.6 is 0 Å². The molecule has 1 aliphatic rings. The molecule has 0 amide bonds.